The van der Waals surface area contributed by atoms with Crippen molar-refractivity contribution in [1.82, 2.24) is 29.4 Å². The van der Waals surface area contributed by atoms with Gasteiger partial charge in [-0.3, -0.25) is 14.2 Å². The molecular weight excluding hydrogens is 567 g/mol. The second-order valence-electron chi connectivity index (χ2n) is 10.2. The van der Waals surface area contributed by atoms with Gasteiger partial charge in [-0.15, -0.1) is 4.80 Å². The first-order chi connectivity index (χ1) is 20.2. The molecule has 1 unspecified atom stereocenters. The van der Waals surface area contributed by atoms with Crippen molar-refractivity contribution in [3.05, 3.63) is 68.4 Å². The Morgan fingerprint density at radius 1 is 1.19 bits per heavy atom. The first kappa shape index (κ1) is 29.6. The van der Waals surface area contributed by atoms with Crippen LogP contribution in [0, 0.1) is 12.7 Å². The number of amides is 1. The molecule has 14 heteroatoms. The minimum Gasteiger partial charge on any atom is -0.496 e. The van der Waals surface area contributed by atoms with Crippen molar-refractivity contribution in [2.45, 2.75) is 57.8 Å². The third-order valence-corrected chi connectivity index (χ3v) is 8.81. The van der Waals surface area contributed by atoms with Gasteiger partial charge >= 0.3 is 5.69 Å². The molecule has 5 rings (SSSR count). The Labute approximate surface area is 244 Å². The lowest BCUT2D eigenvalue weighted by Gasteiger charge is -2.28. The fourth-order valence-electron chi connectivity index (χ4n) is 5.00. The van der Waals surface area contributed by atoms with Crippen LogP contribution in [0.25, 0.3) is 15.2 Å². The number of nitrogens with one attached hydrogen (secondary N) is 1. The van der Waals surface area contributed by atoms with E-state index in [2.05, 4.69) is 15.5 Å². The van der Waals surface area contributed by atoms with Crippen LogP contribution in [0.5, 0.6) is 5.75 Å². The highest BCUT2D eigenvalue weighted by molar-refractivity contribution is 7.21. The SMILES string of the molecule is COCCO[C@@H](Cn1c(=O)n(C(C)C(=O)NC2CCC2)c(=O)c2c(C)c(-n3nccn3)sc21)c1cc(F)ccc1OC. The second-order valence-corrected chi connectivity index (χ2v) is 11.1. The molecule has 3 aromatic heterocycles. The van der Waals surface area contributed by atoms with Crippen LogP contribution < -0.4 is 21.3 Å². The highest BCUT2D eigenvalue weighted by atomic mass is 32.1. The number of aryl methyl sites for hydroxylation is 1. The number of hydrogen-bond donors (Lipinski definition) is 1. The predicted molar refractivity (Wildman–Crippen MR) is 154 cm³/mol. The van der Waals surface area contributed by atoms with Gasteiger partial charge in [-0.25, -0.2) is 13.8 Å². The molecule has 12 nitrogen and oxygen atoms in total. The van der Waals surface area contributed by atoms with Gasteiger partial charge in [-0.1, -0.05) is 11.3 Å². The monoisotopic (exact) mass is 600 g/mol. The molecule has 1 aromatic carbocycles. The lowest BCUT2D eigenvalue weighted by molar-refractivity contribution is -0.125. The molecule has 1 fully saturated rings. The van der Waals surface area contributed by atoms with Crippen molar-refractivity contribution in [2.75, 3.05) is 27.4 Å². The van der Waals surface area contributed by atoms with E-state index in [1.807, 2.05) is 0 Å². The van der Waals surface area contributed by atoms with Crippen LogP contribution in [0.3, 0.4) is 0 Å². The van der Waals surface area contributed by atoms with Gasteiger partial charge in [0.25, 0.3) is 5.56 Å². The van der Waals surface area contributed by atoms with E-state index >= 15 is 0 Å². The van der Waals surface area contributed by atoms with Crippen LogP contribution in [-0.4, -0.2) is 63.5 Å². The number of benzene rings is 1. The molecule has 1 amide bonds. The summed E-state index contributed by atoms with van der Waals surface area (Å²) in [5, 5.41) is 12.2. The molecule has 0 bridgehead atoms. The summed E-state index contributed by atoms with van der Waals surface area (Å²) in [4.78, 5) is 43.0. The molecule has 0 radical (unpaired) electrons. The van der Waals surface area contributed by atoms with Gasteiger partial charge in [0.05, 0.1) is 44.6 Å². The Morgan fingerprint density at radius 2 is 1.93 bits per heavy atom. The maximum absolute atomic E-state index is 14.5. The lowest BCUT2D eigenvalue weighted by Crippen LogP contribution is -2.49. The fourth-order valence-corrected chi connectivity index (χ4v) is 6.21. The average molecular weight is 601 g/mol. The minimum atomic E-state index is -1.08. The van der Waals surface area contributed by atoms with Gasteiger partial charge in [-0.2, -0.15) is 10.2 Å². The average Bonchev–Trinajstić information content (AvgIpc) is 3.60. The maximum Gasteiger partial charge on any atom is 0.332 e. The highest BCUT2D eigenvalue weighted by Crippen LogP contribution is 2.34. The Morgan fingerprint density at radius 3 is 2.57 bits per heavy atom. The van der Waals surface area contributed by atoms with Crippen LogP contribution >= 0.6 is 11.3 Å². The number of aromatic nitrogens is 5. The predicted octanol–water partition coefficient (Wildman–Crippen LogP) is 2.90. The summed E-state index contributed by atoms with van der Waals surface area (Å²) >= 11 is 1.17. The normalized spacial score (nSPS) is 15.0. The van der Waals surface area contributed by atoms with Crippen LogP contribution in [0.2, 0.25) is 0 Å². The number of thiophene rings is 1. The Hall–Kier alpha value is -3.88. The zero-order valence-corrected chi connectivity index (χ0v) is 24.6. The minimum absolute atomic E-state index is 0.0287. The zero-order chi connectivity index (χ0) is 30.0. The van der Waals surface area contributed by atoms with E-state index in [1.54, 1.807) is 6.92 Å². The Kier molecular flexibility index (Phi) is 8.85. The molecule has 1 saturated carbocycles. The molecule has 0 spiro atoms. The molecule has 1 aliphatic rings. The molecule has 3 heterocycles. The molecule has 1 aliphatic carbocycles. The lowest BCUT2D eigenvalue weighted by atomic mass is 9.93. The molecule has 224 valence electrons. The van der Waals surface area contributed by atoms with E-state index in [1.165, 1.54) is 72.4 Å². The standard InChI is InChI=1S/C28H33FN6O6S/c1-16-23-25(37)34(17(2)24(36)32-19-6-5-7-19)28(38)33(27(23)42-26(16)35-30-10-11-31-35)15-22(41-13-12-39-3)20-14-18(29)8-9-21(20)40-4/h8-11,14,17,19,22H,5-7,12-13,15H2,1-4H3,(H,32,36)/t17?,22-/m0/s1. The summed E-state index contributed by atoms with van der Waals surface area (Å²) in [5.41, 5.74) is -0.342. The Balaban J connectivity index is 1.70. The first-order valence-electron chi connectivity index (χ1n) is 13.6. The van der Waals surface area contributed by atoms with Crippen molar-refractivity contribution >= 4 is 27.5 Å². The van der Waals surface area contributed by atoms with Crippen LogP contribution in [0.4, 0.5) is 4.39 Å². The number of hydrogen-bond acceptors (Lipinski definition) is 9. The first-order valence-corrected chi connectivity index (χ1v) is 14.5. The number of carbonyl (C=O) groups excluding carboxylic acids is 1. The van der Waals surface area contributed by atoms with Crippen LogP contribution in [0.15, 0.2) is 40.2 Å². The van der Waals surface area contributed by atoms with E-state index in [4.69, 9.17) is 14.2 Å². The van der Waals surface area contributed by atoms with Gasteiger partial charge in [0.2, 0.25) is 5.91 Å². The number of nitrogens with zero attached hydrogens (tertiary/aromatic N) is 5. The molecule has 0 saturated heterocycles. The van der Waals surface area contributed by atoms with E-state index in [9.17, 15) is 18.8 Å². The van der Waals surface area contributed by atoms with Crippen molar-refractivity contribution in [3.63, 3.8) is 0 Å². The quantitative estimate of drug-likeness (QED) is 0.246. The van der Waals surface area contributed by atoms with Gasteiger partial charge in [-0.05, 0) is 51.3 Å². The highest BCUT2D eigenvalue weighted by Gasteiger charge is 2.30. The number of ether oxygens (including phenoxy) is 3. The van der Waals surface area contributed by atoms with Gasteiger partial charge in [0, 0.05) is 24.3 Å². The van der Waals surface area contributed by atoms with Crippen LogP contribution in [0.1, 0.15) is 49.5 Å². The molecule has 2 atom stereocenters. The molecule has 4 aromatic rings. The number of carbonyl (C=O) groups is 1. The topological polar surface area (TPSA) is 132 Å². The van der Waals surface area contributed by atoms with Gasteiger partial charge in [0.15, 0.2) is 0 Å². The molecular formula is C28H33FN6O6S. The molecule has 42 heavy (non-hydrogen) atoms. The number of halogens is 1. The van der Waals surface area contributed by atoms with Crippen LogP contribution in [-0.2, 0) is 20.8 Å². The summed E-state index contributed by atoms with van der Waals surface area (Å²) in [7, 11) is 2.99. The van der Waals surface area contributed by atoms with E-state index in [0.717, 1.165) is 23.8 Å². The summed E-state index contributed by atoms with van der Waals surface area (Å²) in [6.45, 7) is 3.57. The van der Waals surface area contributed by atoms with E-state index < -0.39 is 35.1 Å². The van der Waals surface area contributed by atoms with Crippen molar-refractivity contribution in [1.29, 1.82) is 0 Å². The van der Waals surface area contributed by atoms with Gasteiger partial charge < -0.3 is 19.5 Å². The summed E-state index contributed by atoms with van der Waals surface area (Å²) < 4.78 is 33.6. The molecule has 0 aliphatic heterocycles. The summed E-state index contributed by atoms with van der Waals surface area (Å²) in [6.07, 6.45) is 4.89. The third kappa shape index (κ3) is 5.61. The number of rotatable bonds is 12. The smallest absolute Gasteiger partial charge is 0.332 e. The maximum atomic E-state index is 14.5. The van der Waals surface area contributed by atoms with E-state index in [-0.39, 0.29) is 31.2 Å². The van der Waals surface area contributed by atoms with Crippen molar-refractivity contribution < 1.29 is 23.4 Å². The summed E-state index contributed by atoms with van der Waals surface area (Å²) in [6, 6.07) is 3.00. The third-order valence-electron chi connectivity index (χ3n) is 7.53. The van der Waals surface area contributed by atoms with Crippen molar-refractivity contribution in [2.24, 2.45) is 0 Å². The van der Waals surface area contributed by atoms with Crippen molar-refractivity contribution in [3.8, 4) is 10.8 Å². The zero-order valence-electron chi connectivity index (χ0n) is 23.8. The molecule has 1 N–H and O–H groups in total. The summed E-state index contributed by atoms with van der Waals surface area (Å²) in [5.74, 6) is -0.547. The second kappa shape index (κ2) is 12.5. The number of methoxy groups -OCH3 is 2. The Bertz CT molecular complexity index is 1690. The van der Waals surface area contributed by atoms with E-state index in [0.29, 0.717) is 26.7 Å². The number of fused-ring (bicyclic) bond motifs is 1. The largest absolute Gasteiger partial charge is 0.496 e. The fraction of sp³-hybridized carbons (Fsp3) is 0.464. The van der Waals surface area contributed by atoms with Gasteiger partial charge in [0.1, 0.15) is 33.5 Å².